The summed E-state index contributed by atoms with van der Waals surface area (Å²) in [6, 6.07) is 3.05. The fourth-order valence-corrected chi connectivity index (χ4v) is 4.74. The molecule has 4 rings (SSSR count). The van der Waals surface area contributed by atoms with Crippen molar-refractivity contribution in [3.8, 4) is 0 Å². The monoisotopic (exact) mass is 508 g/mol. The molecule has 12 heteroatoms. The van der Waals surface area contributed by atoms with E-state index in [0.29, 0.717) is 50.5 Å². The Kier molecular flexibility index (Phi) is 7.81. The summed E-state index contributed by atoms with van der Waals surface area (Å²) in [6.45, 7) is 5.67. The fourth-order valence-electron chi connectivity index (χ4n) is 4.38. The number of rotatable bonds is 6. The molecule has 1 saturated heterocycles. The average Bonchev–Trinajstić information content (AvgIpc) is 2.85. The minimum atomic E-state index is -4.63. The molecule has 0 aromatic carbocycles. The summed E-state index contributed by atoms with van der Waals surface area (Å²) in [4.78, 5) is 30.8. The number of halogens is 4. The van der Waals surface area contributed by atoms with Crippen molar-refractivity contribution in [2.75, 3.05) is 32.8 Å². The second-order valence-electron chi connectivity index (χ2n) is 8.25. The summed E-state index contributed by atoms with van der Waals surface area (Å²) in [6.07, 6.45) is -1.12. The van der Waals surface area contributed by atoms with Crippen LogP contribution in [0.5, 0.6) is 0 Å². The highest BCUT2D eigenvalue weighted by molar-refractivity contribution is 6.23. The Morgan fingerprint density at radius 2 is 2.03 bits per heavy atom. The number of hydrogen-bond acceptors (Lipinski definition) is 7. The first-order chi connectivity index (χ1) is 16.8. The summed E-state index contributed by atoms with van der Waals surface area (Å²) >= 11 is 6.56. The number of morpholine rings is 1. The summed E-state index contributed by atoms with van der Waals surface area (Å²) in [5, 5.41) is 2.53. The van der Waals surface area contributed by atoms with Crippen molar-refractivity contribution in [1.29, 1.82) is 0 Å². The van der Waals surface area contributed by atoms with Crippen LogP contribution in [-0.4, -0.2) is 69.9 Å². The quantitative estimate of drug-likeness (QED) is 0.476. The molecule has 8 nitrogen and oxygen atoms in total. The van der Waals surface area contributed by atoms with Gasteiger partial charge in [0.15, 0.2) is 5.82 Å². The van der Waals surface area contributed by atoms with E-state index in [4.69, 9.17) is 16.3 Å². The number of ether oxygens (including phenoxy) is 1. The van der Waals surface area contributed by atoms with Crippen LogP contribution in [-0.2, 0) is 22.1 Å². The van der Waals surface area contributed by atoms with Gasteiger partial charge in [0, 0.05) is 48.7 Å². The Morgan fingerprint density at radius 1 is 1.31 bits per heavy atom. The molecule has 0 bridgehead atoms. The number of amides is 1. The minimum absolute atomic E-state index is 0.148. The maximum Gasteiger partial charge on any atom is 0.451 e. The third-order valence-corrected chi connectivity index (χ3v) is 6.56. The van der Waals surface area contributed by atoms with Gasteiger partial charge in [0.05, 0.1) is 25.2 Å². The number of carbonyl (C=O) groups excluding carboxylic acids is 1. The van der Waals surface area contributed by atoms with Crippen LogP contribution in [0.15, 0.2) is 36.1 Å². The summed E-state index contributed by atoms with van der Waals surface area (Å²) < 4.78 is 44.2. The summed E-state index contributed by atoms with van der Waals surface area (Å²) in [5.41, 5.74) is 1.96. The Bertz CT molecular complexity index is 1100. The molecule has 186 valence electrons. The van der Waals surface area contributed by atoms with E-state index in [1.165, 1.54) is 0 Å². The minimum Gasteiger partial charge on any atom is -0.379 e. The number of pyridine rings is 1. The number of fused-ring (bicyclic) bond motifs is 1. The molecule has 1 fully saturated rings. The molecule has 2 aromatic rings. The van der Waals surface area contributed by atoms with Crippen molar-refractivity contribution < 1.29 is 22.7 Å². The maximum absolute atomic E-state index is 13.3. The van der Waals surface area contributed by atoms with Crippen molar-refractivity contribution in [2.45, 2.75) is 36.4 Å². The number of aryl methyl sites for hydroxylation is 1. The number of nitrogens with zero attached hydrogens (tertiary/aromatic N) is 5. The van der Waals surface area contributed by atoms with Gasteiger partial charge in [-0.3, -0.25) is 9.69 Å². The molecule has 3 unspecified atom stereocenters. The van der Waals surface area contributed by atoms with E-state index in [0.717, 1.165) is 23.7 Å². The van der Waals surface area contributed by atoms with E-state index in [9.17, 15) is 18.0 Å². The van der Waals surface area contributed by atoms with Crippen molar-refractivity contribution in [1.82, 2.24) is 25.2 Å². The lowest BCUT2D eigenvalue weighted by molar-refractivity contribution is -0.145. The van der Waals surface area contributed by atoms with Crippen molar-refractivity contribution >= 4 is 29.2 Å². The van der Waals surface area contributed by atoms with Gasteiger partial charge in [0.25, 0.3) is 0 Å². The van der Waals surface area contributed by atoms with Gasteiger partial charge in [0.2, 0.25) is 11.7 Å². The van der Waals surface area contributed by atoms with Crippen molar-refractivity contribution in [3.05, 3.63) is 53.8 Å². The highest BCUT2D eigenvalue weighted by Gasteiger charge is 2.37. The normalized spacial score (nSPS) is 21.5. The van der Waals surface area contributed by atoms with Crippen LogP contribution >= 0.6 is 11.6 Å². The number of alkyl halides is 4. The third kappa shape index (κ3) is 5.87. The molecular weight excluding hydrogens is 485 g/mol. The summed E-state index contributed by atoms with van der Waals surface area (Å²) in [5.74, 6) is 0.798. The third-order valence-electron chi connectivity index (χ3n) is 6.09. The van der Waals surface area contributed by atoms with Gasteiger partial charge in [0.1, 0.15) is 0 Å². The predicted octanol–water partition coefficient (Wildman–Crippen LogP) is 3.20. The molecule has 0 saturated carbocycles. The standard InChI is InChI=1S/C23H24ClF3N6O2/c1-2-28-19-6-3-15-17(32-19)5-4-16(24)20(15)21(34)29-13-18(33-7-9-35-10-8-33)14-11-30-22(31-12-14)23(25,26)27/h3,6,11-12,16,18,20H,1,4-5,7-10,13H2,(H,29,34). The molecule has 0 radical (unpaired) electrons. The second-order valence-corrected chi connectivity index (χ2v) is 8.82. The molecule has 2 aliphatic rings. The van der Waals surface area contributed by atoms with Crippen LogP contribution in [0.3, 0.4) is 0 Å². The predicted molar refractivity (Wildman–Crippen MR) is 123 cm³/mol. The SMILES string of the molecule is C=C=Nc1ccc2c(n1)CCC(Cl)C2C(=O)NCC(c1cnc(C(F)(F)F)nc1)N1CCOCC1. The molecule has 3 heterocycles. The number of aromatic nitrogens is 3. The van der Waals surface area contributed by atoms with Gasteiger partial charge < -0.3 is 10.1 Å². The van der Waals surface area contributed by atoms with Gasteiger partial charge in [-0.1, -0.05) is 6.07 Å². The first-order valence-corrected chi connectivity index (χ1v) is 11.6. The van der Waals surface area contributed by atoms with E-state index >= 15 is 0 Å². The Labute approximate surface area is 205 Å². The van der Waals surface area contributed by atoms with Crippen LogP contribution in [0, 0.1) is 0 Å². The Balaban J connectivity index is 1.54. The zero-order chi connectivity index (χ0) is 25.0. The molecule has 1 amide bonds. The molecule has 1 aliphatic carbocycles. The fraction of sp³-hybridized carbons (Fsp3) is 0.478. The molecule has 35 heavy (non-hydrogen) atoms. The van der Waals surface area contributed by atoms with E-state index in [2.05, 4.69) is 37.7 Å². The van der Waals surface area contributed by atoms with Gasteiger partial charge >= 0.3 is 6.18 Å². The Morgan fingerprint density at radius 3 is 2.69 bits per heavy atom. The van der Waals surface area contributed by atoms with E-state index < -0.39 is 29.3 Å². The van der Waals surface area contributed by atoms with Crippen LogP contribution in [0.25, 0.3) is 0 Å². The zero-order valence-corrected chi connectivity index (χ0v) is 19.5. The lowest BCUT2D eigenvalue weighted by Crippen LogP contribution is -2.45. The topological polar surface area (TPSA) is 92.6 Å². The smallest absolute Gasteiger partial charge is 0.379 e. The van der Waals surface area contributed by atoms with Gasteiger partial charge in [-0.25, -0.2) is 15.0 Å². The van der Waals surface area contributed by atoms with E-state index in [-0.39, 0.29) is 12.5 Å². The van der Waals surface area contributed by atoms with E-state index in [1.807, 2.05) is 4.90 Å². The highest BCUT2D eigenvalue weighted by Crippen LogP contribution is 2.36. The zero-order valence-electron chi connectivity index (χ0n) is 18.8. The number of nitrogens with one attached hydrogen (secondary N) is 1. The first kappa shape index (κ1) is 25.2. The highest BCUT2D eigenvalue weighted by atomic mass is 35.5. The van der Waals surface area contributed by atoms with Gasteiger partial charge in [-0.2, -0.15) is 18.2 Å². The lowest BCUT2D eigenvalue weighted by atomic mass is 9.84. The number of aliphatic imine (C=N–C) groups is 1. The molecule has 0 spiro atoms. The first-order valence-electron chi connectivity index (χ1n) is 11.1. The number of hydrogen-bond donors (Lipinski definition) is 1. The average molecular weight is 509 g/mol. The number of carbonyl (C=O) groups is 1. The van der Waals surface area contributed by atoms with E-state index in [1.54, 1.807) is 12.1 Å². The van der Waals surface area contributed by atoms with Crippen LogP contribution in [0.1, 0.15) is 41.0 Å². The maximum atomic E-state index is 13.3. The van der Waals surface area contributed by atoms with Crippen LogP contribution in [0.2, 0.25) is 0 Å². The second kappa shape index (κ2) is 10.8. The van der Waals surface area contributed by atoms with Crippen molar-refractivity contribution in [2.24, 2.45) is 4.99 Å². The largest absolute Gasteiger partial charge is 0.451 e. The lowest BCUT2D eigenvalue weighted by Gasteiger charge is -2.35. The molecule has 2 aromatic heterocycles. The molecule has 1 N–H and O–H groups in total. The van der Waals surface area contributed by atoms with Crippen LogP contribution in [0.4, 0.5) is 19.0 Å². The molecule has 1 aliphatic heterocycles. The van der Waals surface area contributed by atoms with Gasteiger partial charge in [-0.15, -0.1) is 11.6 Å². The summed E-state index contributed by atoms with van der Waals surface area (Å²) in [7, 11) is 0. The molecule has 3 atom stereocenters. The van der Waals surface area contributed by atoms with Gasteiger partial charge in [-0.05, 0) is 36.9 Å². The van der Waals surface area contributed by atoms with Crippen molar-refractivity contribution in [3.63, 3.8) is 0 Å². The molecular formula is C23H24ClF3N6O2. The van der Waals surface area contributed by atoms with Crippen LogP contribution < -0.4 is 5.32 Å². The Hall–Kier alpha value is -2.85.